The molecule has 0 spiro atoms. The van der Waals surface area contributed by atoms with Gasteiger partial charge in [-0.3, -0.25) is 4.79 Å². The first-order chi connectivity index (χ1) is 14.5. The molecule has 0 aliphatic rings. The van der Waals surface area contributed by atoms with Crippen LogP contribution in [0.15, 0.2) is 66.7 Å². The summed E-state index contributed by atoms with van der Waals surface area (Å²) in [6.07, 6.45) is 1.33. The topological polar surface area (TPSA) is 50.4 Å². The summed E-state index contributed by atoms with van der Waals surface area (Å²) in [5, 5.41) is 6.83. The van der Waals surface area contributed by atoms with Gasteiger partial charge < -0.3 is 15.4 Å². The van der Waals surface area contributed by atoms with E-state index in [9.17, 15) is 9.18 Å². The van der Waals surface area contributed by atoms with Crippen LogP contribution >= 0.6 is 11.6 Å². The molecule has 0 heterocycles. The van der Waals surface area contributed by atoms with Crippen LogP contribution < -0.4 is 15.4 Å². The van der Waals surface area contributed by atoms with E-state index in [4.69, 9.17) is 16.3 Å². The highest BCUT2D eigenvalue weighted by molar-refractivity contribution is 6.30. The lowest BCUT2D eigenvalue weighted by molar-refractivity contribution is -0.116. The number of hydrogen-bond acceptors (Lipinski definition) is 3. The fourth-order valence-corrected chi connectivity index (χ4v) is 3.08. The van der Waals surface area contributed by atoms with E-state index in [1.807, 2.05) is 43.3 Å². The molecule has 0 fully saturated rings. The molecule has 0 unspecified atom stereocenters. The second-order valence-electron chi connectivity index (χ2n) is 6.90. The van der Waals surface area contributed by atoms with E-state index in [0.717, 1.165) is 28.9 Å². The van der Waals surface area contributed by atoms with Crippen LogP contribution in [0.4, 0.5) is 15.8 Å². The highest BCUT2D eigenvalue weighted by atomic mass is 35.5. The third-order valence-corrected chi connectivity index (χ3v) is 4.69. The Morgan fingerprint density at radius 1 is 1.00 bits per heavy atom. The lowest BCUT2D eigenvalue weighted by Crippen LogP contribution is -2.10. The standard InChI is InChI=1S/C24H24ClFN2O2/c1-2-3-24(29)28-22-11-9-21(10-12-22)27-15-18-14-19(25)6-13-23(18)30-16-17-4-7-20(26)8-5-17/h4-14,27H,2-3,15-16H2,1H3,(H,28,29). The van der Waals surface area contributed by atoms with Crippen LogP contribution in [0.5, 0.6) is 5.75 Å². The van der Waals surface area contributed by atoms with E-state index in [1.165, 1.54) is 12.1 Å². The molecule has 0 saturated carbocycles. The van der Waals surface area contributed by atoms with Gasteiger partial charge >= 0.3 is 0 Å². The highest BCUT2D eigenvalue weighted by Crippen LogP contribution is 2.25. The van der Waals surface area contributed by atoms with E-state index in [1.54, 1.807) is 18.2 Å². The minimum atomic E-state index is -0.272. The van der Waals surface area contributed by atoms with Crippen molar-refractivity contribution in [2.75, 3.05) is 10.6 Å². The lowest BCUT2D eigenvalue weighted by atomic mass is 10.2. The van der Waals surface area contributed by atoms with Crippen molar-refractivity contribution >= 4 is 28.9 Å². The summed E-state index contributed by atoms with van der Waals surface area (Å²) in [5.74, 6) is 0.450. The molecule has 0 saturated heterocycles. The van der Waals surface area contributed by atoms with Gasteiger partial charge in [0.1, 0.15) is 18.2 Å². The predicted octanol–water partition coefficient (Wildman–Crippen LogP) is 6.41. The van der Waals surface area contributed by atoms with Crippen LogP contribution in [-0.2, 0) is 17.9 Å². The van der Waals surface area contributed by atoms with Gasteiger partial charge in [0.2, 0.25) is 5.91 Å². The monoisotopic (exact) mass is 426 g/mol. The summed E-state index contributed by atoms with van der Waals surface area (Å²) in [4.78, 5) is 11.7. The Labute approximate surface area is 181 Å². The van der Waals surface area contributed by atoms with Crippen LogP contribution in [0, 0.1) is 5.82 Å². The van der Waals surface area contributed by atoms with Gasteiger partial charge in [0, 0.05) is 34.9 Å². The normalized spacial score (nSPS) is 10.5. The number of nitrogens with one attached hydrogen (secondary N) is 2. The summed E-state index contributed by atoms with van der Waals surface area (Å²) in [6, 6.07) is 19.2. The predicted molar refractivity (Wildman–Crippen MR) is 119 cm³/mol. The van der Waals surface area contributed by atoms with E-state index in [0.29, 0.717) is 30.3 Å². The van der Waals surface area contributed by atoms with Gasteiger partial charge in [0.25, 0.3) is 0 Å². The number of halogens is 2. The van der Waals surface area contributed by atoms with Crippen molar-refractivity contribution in [1.29, 1.82) is 0 Å². The maximum atomic E-state index is 13.1. The van der Waals surface area contributed by atoms with E-state index in [2.05, 4.69) is 10.6 Å². The Bertz CT molecular complexity index is 976. The number of rotatable bonds is 9. The van der Waals surface area contributed by atoms with Crippen molar-refractivity contribution < 1.29 is 13.9 Å². The molecule has 156 valence electrons. The molecule has 0 aliphatic carbocycles. The zero-order valence-corrected chi connectivity index (χ0v) is 17.5. The first-order valence-electron chi connectivity index (χ1n) is 9.83. The average Bonchev–Trinajstić information content (AvgIpc) is 2.74. The third-order valence-electron chi connectivity index (χ3n) is 4.46. The second-order valence-corrected chi connectivity index (χ2v) is 7.33. The molecule has 0 radical (unpaired) electrons. The number of hydrogen-bond donors (Lipinski definition) is 2. The van der Waals surface area contributed by atoms with Gasteiger partial charge in [-0.15, -0.1) is 0 Å². The van der Waals surface area contributed by atoms with Crippen molar-refractivity contribution in [1.82, 2.24) is 0 Å². The van der Waals surface area contributed by atoms with Gasteiger partial charge in [0.15, 0.2) is 0 Å². The van der Waals surface area contributed by atoms with E-state index >= 15 is 0 Å². The maximum absolute atomic E-state index is 13.1. The van der Waals surface area contributed by atoms with Crippen molar-refractivity contribution in [2.24, 2.45) is 0 Å². The molecule has 0 atom stereocenters. The Morgan fingerprint density at radius 2 is 1.70 bits per heavy atom. The summed E-state index contributed by atoms with van der Waals surface area (Å²) >= 11 is 6.16. The molecule has 3 aromatic rings. The van der Waals surface area contributed by atoms with Crippen molar-refractivity contribution in [3.8, 4) is 5.75 Å². The molecular formula is C24H24ClFN2O2. The number of amides is 1. The minimum Gasteiger partial charge on any atom is -0.489 e. The van der Waals surface area contributed by atoms with Gasteiger partial charge in [-0.2, -0.15) is 0 Å². The number of ether oxygens (including phenoxy) is 1. The Morgan fingerprint density at radius 3 is 2.40 bits per heavy atom. The SMILES string of the molecule is CCCC(=O)Nc1ccc(NCc2cc(Cl)ccc2OCc2ccc(F)cc2)cc1. The molecule has 0 bridgehead atoms. The quantitative estimate of drug-likeness (QED) is 0.415. The van der Waals surface area contributed by atoms with Gasteiger partial charge in [-0.1, -0.05) is 30.7 Å². The molecule has 6 heteroatoms. The van der Waals surface area contributed by atoms with Crippen molar-refractivity contribution in [3.05, 3.63) is 88.7 Å². The van der Waals surface area contributed by atoms with Gasteiger partial charge in [-0.25, -0.2) is 4.39 Å². The Kier molecular flexibility index (Phi) is 7.69. The summed E-state index contributed by atoms with van der Waals surface area (Å²) < 4.78 is 19.0. The maximum Gasteiger partial charge on any atom is 0.224 e. The molecular weight excluding hydrogens is 403 g/mol. The number of carbonyl (C=O) groups excluding carboxylic acids is 1. The third kappa shape index (κ3) is 6.49. The van der Waals surface area contributed by atoms with Crippen LogP contribution in [0.25, 0.3) is 0 Å². The zero-order valence-electron chi connectivity index (χ0n) is 16.8. The van der Waals surface area contributed by atoms with Crippen molar-refractivity contribution in [3.63, 3.8) is 0 Å². The molecule has 0 aliphatic heterocycles. The number of carbonyl (C=O) groups is 1. The fourth-order valence-electron chi connectivity index (χ4n) is 2.89. The summed E-state index contributed by atoms with van der Waals surface area (Å²) in [7, 11) is 0. The van der Waals surface area contributed by atoms with Crippen LogP contribution in [0.2, 0.25) is 5.02 Å². The molecule has 0 aromatic heterocycles. The van der Waals surface area contributed by atoms with Crippen LogP contribution in [-0.4, -0.2) is 5.91 Å². The number of benzene rings is 3. The molecule has 4 nitrogen and oxygen atoms in total. The van der Waals surface area contributed by atoms with Gasteiger partial charge in [0.05, 0.1) is 0 Å². The minimum absolute atomic E-state index is 0.0140. The number of anilines is 2. The fraction of sp³-hybridized carbons (Fsp3) is 0.208. The molecule has 2 N–H and O–H groups in total. The first kappa shape index (κ1) is 21.7. The molecule has 1 amide bonds. The van der Waals surface area contributed by atoms with E-state index in [-0.39, 0.29) is 11.7 Å². The summed E-state index contributed by atoms with van der Waals surface area (Å²) in [6.45, 7) is 2.82. The highest BCUT2D eigenvalue weighted by Gasteiger charge is 2.07. The zero-order chi connectivity index (χ0) is 21.3. The lowest BCUT2D eigenvalue weighted by Gasteiger charge is -2.14. The van der Waals surface area contributed by atoms with E-state index < -0.39 is 0 Å². The molecule has 3 aromatic carbocycles. The average molecular weight is 427 g/mol. The Hall–Kier alpha value is -3.05. The first-order valence-corrected chi connectivity index (χ1v) is 10.2. The molecule has 30 heavy (non-hydrogen) atoms. The smallest absolute Gasteiger partial charge is 0.224 e. The second kappa shape index (κ2) is 10.6. The molecule has 3 rings (SSSR count). The van der Waals surface area contributed by atoms with Gasteiger partial charge in [-0.05, 0) is 66.6 Å². The largest absolute Gasteiger partial charge is 0.489 e. The van der Waals surface area contributed by atoms with Crippen LogP contribution in [0.3, 0.4) is 0 Å². The Balaban J connectivity index is 1.61. The van der Waals surface area contributed by atoms with Crippen LogP contribution in [0.1, 0.15) is 30.9 Å². The summed E-state index contributed by atoms with van der Waals surface area (Å²) in [5.41, 5.74) is 3.47. The van der Waals surface area contributed by atoms with Crippen molar-refractivity contribution in [2.45, 2.75) is 32.9 Å².